The van der Waals surface area contributed by atoms with Crippen molar-refractivity contribution in [2.24, 2.45) is 17.6 Å². The van der Waals surface area contributed by atoms with Crippen LogP contribution in [0, 0.1) is 11.8 Å². The highest BCUT2D eigenvalue weighted by atomic mass is 16.5. The summed E-state index contributed by atoms with van der Waals surface area (Å²) in [4.78, 5) is 40.1. The van der Waals surface area contributed by atoms with Gasteiger partial charge in [0, 0.05) is 50.0 Å². The Morgan fingerprint density at radius 1 is 1.16 bits per heavy atom. The van der Waals surface area contributed by atoms with E-state index in [0.29, 0.717) is 17.5 Å². The van der Waals surface area contributed by atoms with E-state index in [0.717, 1.165) is 24.0 Å². The van der Waals surface area contributed by atoms with Crippen molar-refractivity contribution < 1.29 is 39.5 Å². The van der Waals surface area contributed by atoms with Gasteiger partial charge in [-0.3, -0.25) is 19.3 Å². The fourth-order valence-corrected chi connectivity index (χ4v) is 6.59. The molecule has 1 heterocycles. The van der Waals surface area contributed by atoms with E-state index in [1.807, 2.05) is 24.3 Å². The summed E-state index contributed by atoms with van der Waals surface area (Å²) in [5.74, 6) is -6.23. The van der Waals surface area contributed by atoms with Gasteiger partial charge in [-0.2, -0.15) is 0 Å². The number of aromatic hydroxyl groups is 1. The molecule has 10 nitrogen and oxygen atoms in total. The van der Waals surface area contributed by atoms with Crippen LogP contribution in [0.3, 0.4) is 0 Å². The summed E-state index contributed by atoms with van der Waals surface area (Å²) >= 11 is 0. The van der Waals surface area contributed by atoms with Gasteiger partial charge in [0.1, 0.15) is 22.8 Å². The number of aliphatic hydroxyl groups is 3. The first-order valence-corrected chi connectivity index (χ1v) is 12.5. The van der Waals surface area contributed by atoms with Gasteiger partial charge >= 0.3 is 0 Å². The number of Topliss-reactive ketones (excluding diaryl/α,β-unsaturated/α-hetero) is 2. The van der Waals surface area contributed by atoms with Crippen molar-refractivity contribution in [2.75, 3.05) is 20.2 Å². The molecule has 198 valence electrons. The summed E-state index contributed by atoms with van der Waals surface area (Å²) < 4.78 is 5.32. The van der Waals surface area contributed by atoms with Crippen LogP contribution in [-0.4, -0.2) is 74.7 Å². The quantitative estimate of drug-likeness (QED) is 0.374. The smallest absolute Gasteiger partial charge is 0.255 e. The second kappa shape index (κ2) is 8.39. The number of ether oxygens (including phenoxy) is 1. The first-order chi connectivity index (χ1) is 18.0. The van der Waals surface area contributed by atoms with Crippen LogP contribution in [-0.2, 0) is 32.1 Å². The number of hydrogen-bond acceptors (Lipinski definition) is 9. The highest BCUT2D eigenvalue weighted by molar-refractivity contribution is 6.22. The largest absolute Gasteiger partial charge is 0.508 e. The fraction of sp³-hybridized carbons (Fsp3) is 0.393. The lowest BCUT2D eigenvalue weighted by atomic mass is 9.59. The van der Waals surface area contributed by atoms with Crippen molar-refractivity contribution in [3.8, 4) is 5.75 Å². The zero-order chi connectivity index (χ0) is 27.1. The highest BCUT2D eigenvalue weighted by Crippen LogP contribution is 2.52. The van der Waals surface area contributed by atoms with E-state index in [9.17, 15) is 34.8 Å². The average molecular weight is 521 g/mol. The zero-order valence-corrected chi connectivity index (χ0v) is 20.7. The number of ketones is 2. The molecule has 0 radical (unpaired) electrons. The number of hydrogen-bond donors (Lipinski definition) is 5. The van der Waals surface area contributed by atoms with Crippen LogP contribution < -0.4 is 5.73 Å². The summed E-state index contributed by atoms with van der Waals surface area (Å²) in [6.07, 6.45) is 0.270. The monoisotopic (exact) mass is 520 g/mol. The molecule has 2 aromatic carbocycles. The molecule has 1 amide bonds. The van der Waals surface area contributed by atoms with Gasteiger partial charge in [-0.25, -0.2) is 0 Å². The molecule has 3 atom stereocenters. The number of primary amides is 1. The molecule has 38 heavy (non-hydrogen) atoms. The van der Waals surface area contributed by atoms with Crippen molar-refractivity contribution in [2.45, 2.75) is 37.5 Å². The Morgan fingerprint density at radius 2 is 1.89 bits per heavy atom. The topological polar surface area (TPSA) is 171 Å². The van der Waals surface area contributed by atoms with Gasteiger partial charge in [0.15, 0.2) is 11.4 Å². The second-order valence-electron chi connectivity index (χ2n) is 10.8. The molecule has 6 N–H and O–H groups in total. The van der Waals surface area contributed by atoms with Crippen LogP contribution in [0.4, 0.5) is 0 Å². The van der Waals surface area contributed by atoms with Crippen molar-refractivity contribution in [1.29, 1.82) is 0 Å². The predicted molar refractivity (Wildman–Crippen MR) is 135 cm³/mol. The number of carbonyl (C=O) groups is 3. The van der Waals surface area contributed by atoms with E-state index >= 15 is 0 Å². The number of methoxy groups -OCH3 is 1. The lowest BCUT2D eigenvalue weighted by Crippen LogP contribution is -2.58. The summed E-state index contributed by atoms with van der Waals surface area (Å²) in [5, 5.41) is 45.9. The van der Waals surface area contributed by atoms with Crippen LogP contribution in [0.15, 0.2) is 41.2 Å². The standard InChI is InChI=1S/C28H28N2O8/c1-38-17-10-30(11-17)9-12-2-3-13-5-14-6-15-7-16-8-19(31)22(27(29)36)26(35)28(16,37)25(34)21(15)24(33)20(14)23(32)18(13)4-12/h2-5,15-17,32-33,35,37H,6-11H2,1H3,(H2,29,36)/t15?,16?,28-/m0/s1. The number of fused-ring (bicyclic) bond motifs is 4. The maximum absolute atomic E-state index is 13.6. The molecule has 2 unspecified atom stereocenters. The molecule has 0 aromatic heterocycles. The number of phenols is 1. The summed E-state index contributed by atoms with van der Waals surface area (Å²) in [6.45, 7) is 2.30. The fourth-order valence-electron chi connectivity index (χ4n) is 6.59. The summed E-state index contributed by atoms with van der Waals surface area (Å²) in [5.41, 5.74) is 3.44. The molecule has 0 bridgehead atoms. The molecule has 1 aliphatic heterocycles. The minimum atomic E-state index is -2.56. The van der Waals surface area contributed by atoms with E-state index in [2.05, 4.69) is 4.90 Å². The van der Waals surface area contributed by atoms with Crippen LogP contribution in [0.5, 0.6) is 5.75 Å². The Labute approximate surface area is 217 Å². The first kappa shape index (κ1) is 24.6. The molecule has 2 fully saturated rings. The van der Waals surface area contributed by atoms with Crippen molar-refractivity contribution in [1.82, 2.24) is 4.90 Å². The van der Waals surface area contributed by atoms with E-state index in [4.69, 9.17) is 10.5 Å². The SMILES string of the molecule is COC1CN(Cc2ccc3cc4c(c(O)c3c2)C(O)=C2C(=O)[C@]3(O)C(O)=C(C(N)=O)C(=O)CC3CC2C4)C1. The van der Waals surface area contributed by atoms with Gasteiger partial charge in [-0.1, -0.05) is 18.2 Å². The van der Waals surface area contributed by atoms with Crippen LogP contribution in [0.1, 0.15) is 29.5 Å². The van der Waals surface area contributed by atoms with E-state index in [1.54, 1.807) is 7.11 Å². The Balaban J connectivity index is 1.43. The molecule has 0 spiro atoms. The van der Waals surface area contributed by atoms with Crippen LogP contribution in [0.25, 0.3) is 16.5 Å². The Hall–Kier alpha value is -3.73. The number of carbonyl (C=O) groups excluding carboxylic acids is 3. The van der Waals surface area contributed by atoms with Gasteiger partial charge in [0.2, 0.25) is 5.78 Å². The van der Waals surface area contributed by atoms with E-state index < -0.39 is 52.0 Å². The zero-order valence-electron chi connectivity index (χ0n) is 20.7. The first-order valence-electron chi connectivity index (χ1n) is 12.5. The average Bonchev–Trinajstić information content (AvgIpc) is 2.83. The van der Waals surface area contributed by atoms with Crippen molar-refractivity contribution in [3.05, 3.63) is 57.9 Å². The number of phenolic OH excluding ortho intramolecular Hbond substituents is 1. The number of aliphatic hydroxyl groups excluding tert-OH is 2. The van der Waals surface area contributed by atoms with Gasteiger partial charge in [0.05, 0.1) is 11.7 Å². The van der Waals surface area contributed by atoms with Crippen LogP contribution >= 0.6 is 0 Å². The number of likely N-dealkylation sites (tertiary alicyclic amines) is 1. The lowest BCUT2D eigenvalue weighted by molar-refractivity contribution is -0.147. The molecule has 1 saturated heterocycles. The Morgan fingerprint density at radius 3 is 2.58 bits per heavy atom. The van der Waals surface area contributed by atoms with Crippen molar-refractivity contribution >= 4 is 34.0 Å². The predicted octanol–water partition coefficient (Wildman–Crippen LogP) is 1.41. The molecule has 1 saturated carbocycles. The van der Waals surface area contributed by atoms with Gasteiger partial charge in [0.25, 0.3) is 5.91 Å². The molecular weight excluding hydrogens is 492 g/mol. The minimum absolute atomic E-state index is 0.102. The number of nitrogens with two attached hydrogens (primary N) is 1. The van der Waals surface area contributed by atoms with E-state index in [1.165, 1.54) is 0 Å². The normalized spacial score (nSPS) is 27.7. The van der Waals surface area contributed by atoms with Gasteiger partial charge in [-0.05, 0) is 41.3 Å². The second-order valence-corrected chi connectivity index (χ2v) is 10.8. The molecule has 6 rings (SSSR count). The number of amides is 1. The molecule has 10 heteroatoms. The van der Waals surface area contributed by atoms with Gasteiger partial charge in [-0.15, -0.1) is 0 Å². The van der Waals surface area contributed by atoms with Gasteiger partial charge < -0.3 is 30.9 Å². The third-order valence-electron chi connectivity index (χ3n) is 8.60. The molecule has 2 aromatic rings. The summed E-state index contributed by atoms with van der Waals surface area (Å²) in [6, 6.07) is 7.61. The minimum Gasteiger partial charge on any atom is -0.508 e. The number of benzene rings is 2. The van der Waals surface area contributed by atoms with Crippen LogP contribution in [0.2, 0.25) is 0 Å². The summed E-state index contributed by atoms with van der Waals surface area (Å²) in [7, 11) is 1.68. The van der Waals surface area contributed by atoms with Crippen molar-refractivity contribution in [3.63, 3.8) is 0 Å². The third-order valence-corrected chi connectivity index (χ3v) is 8.60. The Kier molecular flexibility index (Phi) is 5.43. The molecule has 3 aliphatic carbocycles. The van der Waals surface area contributed by atoms with E-state index in [-0.39, 0.29) is 42.3 Å². The number of nitrogens with zero attached hydrogens (tertiary/aromatic N) is 1. The Bertz CT molecular complexity index is 1500. The molecule has 4 aliphatic rings. The highest BCUT2D eigenvalue weighted by Gasteiger charge is 2.60. The maximum atomic E-state index is 13.6. The third kappa shape index (κ3) is 3.34. The number of rotatable bonds is 4. The lowest BCUT2D eigenvalue weighted by Gasteiger charge is -2.46. The molecular formula is C28H28N2O8. The maximum Gasteiger partial charge on any atom is 0.255 e.